The minimum absolute atomic E-state index is 0. The molecule has 0 bridgehead atoms. The van der Waals surface area contributed by atoms with E-state index in [1.54, 1.807) is 0 Å². The van der Waals surface area contributed by atoms with Crippen molar-refractivity contribution in [3.8, 4) is 11.3 Å². The average Bonchev–Trinajstić information content (AvgIpc) is 3.65. The van der Waals surface area contributed by atoms with E-state index < -0.39 is 8.07 Å². The van der Waals surface area contributed by atoms with Gasteiger partial charge < -0.3 is 9.52 Å². The molecule has 6 heteroatoms. The van der Waals surface area contributed by atoms with Crippen molar-refractivity contribution >= 4 is 51.4 Å². The zero-order valence-corrected chi connectivity index (χ0v) is 37.7. The van der Waals surface area contributed by atoms with Gasteiger partial charge in [0.25, 0.3) is 0 Å². The summed E-state index contributed by atoms with van der Waals surface area (Å²) in [6, 6.07) is 40.3. The van der Waals surface area contributed by atoms with Gasteiger partial charge in [0, 0.05) is 54.3 Å². The minimum Gasteiger partial charge on any atom is -0.512 e. The number of pyridine rings is 1. The summed E-state index contributed by atoms with van der Waals surface area (Å²) < 4.78 is 6.84. The molecule has 0 fully saturated rings. The van der Waals surface area contributed by atoms with E-state index in [0.29, 0.717) is 0 Å². The molecule has 291 valence electrons. The quantitative estimate of drug-likeness (QED) is 0.0609. The maximum atomic E-state index is 12.2. The molecule has 0 aliphatic heterocycles. The Labute approximate surface area is 343 Å². The van der Waals surface area contributed by atoms with Crippen LogP contribution in [0.2, 0.25) is 6.55 Å². The molecule has 6 aromatic rings. The summed E-state index contributed by atoms with van der Waals surface area (Å²) in [5.41, 5.74) is 3.31. The topological polar surface area (TPSA) is 63.3 Å². The van der Waals surface area contributed by atoms with Gasteiger partial charge in [0.1, 0.15) is 11.3 Å². The molecule has 0 amide bonds. The van der Waals surface area contributed by atoms with Crippen LogP contribution in [0.25, 0.3) is 33.0 Å². The van der Waals surface area contributed by atoms with Gasteiger partial charge in [0.05, 0.1) is 5.38 Å². The fourth-order valence-corrected chi connectivity index (χ4v) is 10.4. The number of hydrogen-bond acceptors (Lipinski definition) is 4. The Balaban J connectivity index is 0.000000320. The number of aliphatic hydroxyl groups excluding tert-OH is 1. The van der Waals surface area contributed by atoms with Crippen LogP contribution in [-0.2, 0) is 30.3 Å². The van der Waals surface area contributed by atoms with Crippen molar-refractivity contribution in [3.63, 3.8) is 0 Å². The Morgan fingerprint density at radius 1 is 0.764 bits per heavy atom. The van der Waals surface area contributed by atoms with E-state index in [9.17, 15) is 9.90 Å². The predicted octanol–water partition coefficient (Wildman–Crippen LogP) is 11.5. The zero-order valence-electron chi connectivity index (χ0n) is 34.3. The molecule has 0 spiro atoms. The minimum atomic E-state index is -2.37. The van der Waals surface area contributed by atoms with Gasteiger partial charge in [-0.05, 0) is 53.6 Å². The number of aromatic nitrogens is 1. The molecule has 0 saturated heterocycles. The van der Waals surface area contributed by atoms with Crippen molar-refractivity contribution in [2.75, 3.05) is 0 Å². The monoisotopic (exact) mass is 929 g/mol. The van der Waals surface area contributed by atoms with Crippen LogP contribution in [0, 0.1) is 16.9 Å². The molecule has 1 N–H and O–H groups in total. The fourth-order valence-electron chi connectivity index (χ4n) is 7.06. The molecule has 0 aliphatic carbocycles. The van der Waals surface area contributed by atoms with Crippen molar-refractivity contribution in [3.05, 3.63) is 133 Å². The second-order valence-electron chi connectivity index (χ2n) is 16.4. The average molecular weight is 929 g/mol. The third-order valence-corrected chi connectivity index (χ3v) is 16.3. The molecule has 0 saturated carbocycles. The molecule has 0 atom stereocenters. The summed E-state index contributed by atoms with van der Waals surface area (Å²) in [4.78, 5) is 17.0. The van der Waals surface area contributed by atoms with Crippen LogP contribution in [0.3, 0.4) is 0 Å². The van der Waals surface area contributed by atoms with Crippen molar-refractivity contribution in [1.82, 2.24) is 4.98 Å². The summed E-state index contributed by atoms with van der Waals surface area (Å²) in [6.07, 6.45) is 6.64. The molecular formula is C49H58IrNO3Si-. The number of carbonyl (C=O) groups is 1. The molecular weight excluding hydrogens is 871 g/mol. The van der Waals surface area contributed by atoms with Gasteiger partial charge in [-0.25, -0.2) is 0 Å². The zero-order chi connectivity index (χ0) is 39.3. The van der Waals surface area contributed by atoms with E-state index >= 15 is 0 Å². The Hall–Kier alpha value is -4.09. The van der Waals surface area contributed by atoms with Gasteiger partial charge in [-0.15, -0.1) is 29.1 Å². The normalized spacial score (nSPS) is 12.6. The van der Waals surface area contributed by atoms with Crippen molar-refractivity contribution < 1.29 is 34.4 Å². The smallest absolute Gasteiger partial charge is 0.190 e. The van der Waals surface area contributed by atoms with E-state index in [1.807, 2.05) is 47.7 Å². The molecule has 6 rings (SSSR count). The molecule has 2 heterocycles. The number of allylic oxidation sites excluding steroid dienone is 2. The summed E-state index contributed by atoms with van der Waals surface area (Å²) >= 11 is 0. The van der Waals surface area contributed by atoms with Crippen LogP contribution in [0.15, 0.2) is 126 Å². The van der Waals surface area contributed by atoms with E-state index in [-0.39, 0.29) is 47.9 Å². The van der Waals surface area contributed by atoms with Crippen LogP contribution < -0.4 is 15.8 Å². The SMILES string of the molecule is CC(C)(C)c1cc(-c2nccc3cc([Si](C)(c4ccccc4)c4ccccc4)oc23)[c-]c2ccccc12.CCC(C)(CC)C(=O)/C=C(\O)C(C)(CC)CC.[Ir]. The van der Waals surface area contributed by atoms with Crippen LogP contribution in [0.4, 0.5) is 0 Å². The summed E-state index contributed by atoms with van der Waals surface area (Å²) in [5, 5.41) is 17.2. The van der Waals surface area contributed by atoms with Gasteiger partial charge in [-0.1, -0.05) is 159 Å². The number of rotatable bonds is 11. The third-order valence-electron chi connectivity index (χ3n) is 12.1. The Bertz CT molecular complexity index is 2190. The summed E-state index contributed by atoms with van der Waals surface area (Å²) in [5.74, 6) is 0.286. The first kappa shape index (κ1) is 43.6. The first-order valence-electron chi connectivity index (χ1n) is 19.6. The summed E-state index contributed by atoms with van der Waals surface area (Å²) in [6.45, 7) is 21.2. The molecule has 55 heavy (non-hydrogen) atoms. The molecule has 4 nitrogen and oxygen atoms in total. The second-order valence-corrected chi connectivity index (χ2v) is 20.3. The molecule has 0 unspecified atom stereocenters. The van der Waals surface area contributed by atoms with Gasteiger partial charge in [-0.3, -0.25) is 9.78 Å². The number of benzene rings is 4. The van der Waals surface area contributed by atoms with E-state index in [0.717, 1.165) is 58.7 Å². The Kier molecular flexibility index (Phi) is 14.1. The first-order chi connectivity index (χ1) is 25.6. The second kappa shape index (κ2) is 17.8. The van der Waals surface area contributed by atoms with E-state index in [4.69, 9.17) is 9.40 Å². The van der Waals surface area contributed by atoms with Crippen LogP contribution in [0.5, 0.6) is 0 Å². The predicted molar refractivity (Wildman–Crippen MR) is 231 cm³/mol. The van der Waals surface area contributed by atoms with Crippen molar-refractivity contribution in [2.45, 2.75) is 100.0 Å². The van der Waals surface area contributed by atoms with E-state index in [2.05, 4.69) is 137 Å². The Morgan fingerprint density at radius 2 is 1.29 bits per heavy atom. The molecule has 2 aromatic heterocycles. The largest absolute Gasteiger partial charge is 0.512 e. The van der Waals surface area contributed by atoms with Crippen molar-refractivity contribution in [1.29, 1.82) is 0 Å². The maximum absolute atomic E-state index is 12.2. The molecule has 0 aliphatic rings. The van der Waals surface area contributed by atoms with E-state index in [1.165, 1.54) is 27.4 Å². The van der Waals surface area contributed by atoms with Gasteiger partial charge in [0.2, 0.25) is 0 Å². The third kappa shape index (κ3) is 8.98. The number of ketones is 1. The van der Waals surface area contributed by atoms with Gasteiger partial charge in [-0.2, -0.15) is 0 Å². The number of nitrogens with zero attached hydrogens (tertiary/aromatic N) is 1. The number of carbonyl (C=O) groups excluding carboxylic acids is 1. The summed E-state index contributed by atoms with van der Waals surface area (Å²) in [7, 11) is -2.37. The van der Waals surface area contributed by atoms with Crippen LogP contribution in [-0.4, -0.2) is 23.9 Å². The number of furan rings is 1. The number of fused-ring (bicyclic) bond motifs is 2. The fraction of sp³-hybridized carbons (Fsp3) is 0.347. The van der Waals surface area contributed by atoms with Gasteiger partial charge >= 0.3 is 0 Å². The maximum Gasteiger partial charge on any atom is 0.190 e. The number of aliphatic hydroxyl groups is 1. The molecule has 1 radical (unpaired) electrons. The standard InChI is InChI=1S/C34H30NOSi.C15H28O2.Ir/c1-34(2,3)30-22-26(21-24-13-11-12-18-29(24)30)32-33-25(19-20-35-32)23-31(36-33)37(4,27-14-7-5-8-15-27)28-16-9-6-10-17-28;1-7-14(5,8-2)12(16)11-13(17)15(6,9-3)10-4;/h5-20,22-23H,1-4H3;11,16H,7-10H2,1-6H3;/q-1;;/b;12-11-;. The number of hydrogen-bond donors (Lipinski definition) is 1. The molecule has 4 aromatic carbocycles. The van der Waals surface area contributed by atoms with Gasteiger partial charge in [0.15, 0.2) is 13.9 Å². The van der Waals surface area contributed by atoms with Crippen LogP contribution in [0.1, 0.15) is 93.6 Å². The first-order valence-corrected chi connectivity index (χ1v) is 22.1. The Morgan fingerprint density at radius 3 is 1.82 bits per heavy atom. The van der Waals surface area contributed by atoms with Crippen LogP contribution >= 0.6 is 0 Å². The van der Waals surface area contributed by atoms with Crippen molar-refractivity contribution in [2.24, 2.45) is 10.8 Å².